The van der Waals surface area contributed by atoms with Gasteiger partial charge in [0.1, 0.15) is 17.3 Å². The van der Waals surface area contributed by atoms with E-state index in [0.717, 1.165) is 76.6 Å². The maximum atomic E-state index is 15.1. The van der Waals surface area contributed by atoms with Gasteiger partial charge in [0.25, 0.3) is 5.91 Å². The van der Waals surface area contributed by atoms with Crippen LogP contribution in [0, 0.1) is 17.0 Å². The van der Waals surface area contributed by atoms with Gasteiger partial charge in [0.05, 0.1) is 22.9 Å². The summed E-state index contributed by atoms with van der Waals surface area (Å²) in [5.74, 6) is -1.44. The van der Waals surface area contributed by atoms with E-state index >= 15 is 4.39 Å². The normalized spacial score (nSPS) is 20.8. The van der Waals surface area contributed by atoms with Crippen LogP contribution in [0.1, 0.15) is 61.7 Å². The van der Waals surface area contributed by atoms with Crippen LogP contribution < -0.4 is 20.4 Å². The number of rotatable bonds is 7. The number of nitrogens with one attached hydrogen (secondary N) is 2. The van der Waals surface area contributed by atoms with Crippen LogP contribution in [0.4, 0.5) is 31.9 Å². The Hall–Kier alpha value is -3.34. The molecule has 0 unspecified atom stereocenters. The van der Waals surface area contributed by atoms with Gasteiger partial charge in [-0.3, -0.25) is 9.59 Å². The van der Waals surface area contributed by atoms with Crippen molar-refractivity contribution in [2.45, 2.75) is 57.4 Å². The molecule has 4 aliphatic rings. The number of fused-ring (bicyclic) bond motifs is 1. The van der Waals surface area contributed by atoms with E-state index in [1.165, 1.54) is 0 Å². The van der Waals surface area contributed by atoms with Crippen LogP contribution >= 0.6 is 0 Å². The van der Waals surface area contributed by atoms with Crippen molar-refractivity contribution in [1.29, 1.82) is 0 Å². The van der Waals surface area contributed by atoms with Gasteiger partial charge in [-0.25, -0.2) is 13.8 Å². The van der Waals surface area contributed by atoms with Crippen LogP contribution in [0.2, 0.25) is 0 Å². The molecule has 1 aromatic carbocycles. The predicted molar refractivity (Wildman–Crippen MR) is 144 cm³/mol. The minimum absolute atomic E-state index is 0.0796. The Kier molecular flexibility index (Phi) is 6.86. The first-order chi connectivity index (χ1) is 18.8. The van der Waals surface area contributed by atoms with Crippen LogP contribution in [0.5, 0.6) is 0 Å². The van der Waals surface area contributed by atoms with Crippen LogP contribution in [0.3, 0.4) is 0 Å². The number of halogens is 2. The fraction of sp³-hybridized carbons (Fsp3) is 0.571. The van der Waals surface area contributed by atoms with Crippen molar-refractivity contribution < 1.29 is 18.4 Å². The Balaban J connectivity index is 1.22. The third kappa shape index (κ3) is 5.04. The quantitative estimate of drug-likeness (QED) is 0.553. The first kappa shape index (κ1) is 25.9. The molecular formula is C28H35F2N7O2. The monoisotopic (exact) mass is 539 g/mol. The van der Waals surface area contributed by atoms with Crippen molar-refractivity contribution >= 4 is 35.0 Å². The topological polar surface area (TPSA) is 93.7 Å². The Bertz CT molecular complexity index is 1270. The van der Waals surface area contributed by atoms with E-state index in [1.54, 1.807) is 18.1 Å². The molecule has 39 heavy (non-hydrogen) atoms. The molecule has 2 amide bonds. The number of anilines is 4. The van der Waals surface area contributed by atoms with E-state index in [9.17, 15) is 14.0 Å². The summed E-state index contributed by atoms with van der Waals surface area (Å²) in [7, 11) is 1.75. The summed E-state index contributed by atoms with van der Waals surface area (Å²) in [6, 6.07) is 2.14. The highest BCUT2D eigenvalue weighted by molar-refractivity contribution is 6.02. The second-order valence-corrected chi connectivity index (χ2v) is 11.4. The minimum Gasteiger partial charge on any atom is -0.351 e. The lowest BCUT2D eigenvalue weighted by molar-refractivity contribution is -0.122. The number of carbonyl (C=O) groups is 2. The van der Waals surface area contributed by atoms with Gasteiger partial charge >= 0.3 is 0 Å². The van der Waals surface area contributed by atoms with E-state index in [2.05, 4.69) is 25.4 Å². The van der Waals surface area contributed by atoms with E-state index < -0.39 is 17.5 Å². The Morgan fingerprint density at radius 2 is 1.85 bits per heavy atom. The molecule has 9 nitrogen and oxygen atoms in total. The molecule has 0 atom stereocenters. The molecule has 0 radical (unpaired) electrons. The standard InChI is InChI=1S/C28H35F2N7O2/c1-35-23-16-32-27(34-24(23)37(18-6-2-3-7-18)17-28(8-9-28)26(35)39)33-22-15-20(29)19(14-21(22)30)25(38)31-10-13-36-11-4-5-12-36/h14-16,18H,2-13,17H2,1H3,(H,31,38)(H,32,33,34). The Morgan fingerprint density at radius 1 is 1.10 bits per heavy atom. The first-order valence-electron chi connectivity index (χ1n) is 14.0. The van der Waals surface area contributed by atoms with Crippen molar-refractivity contribution in [2.75, 3.05) is 54.9 Å². The number of likely N-dealkylation sites (tertiary alicyclic amines) is 1. The predicted octanol–water partition coefficient (Wildman–Crippen LogP) is 3.83. The molecule has 1 saturated heterocycles. The smallest absolute Gasteiger partial charge is 0.254 e. The van der Waals surface area contributed by atoms with E-state index in [4.69, 9.17) is 4.98 Å². The van der Waals surface area contributed by atoms with E-state index in [1.807, 2.05) is 0 Å². The molecule has 2 N–H and O–H groups in total. The third-order valence-electron chi connectivity index (χ3n) is 8.69. The zero-order chi connectivity index (χ0) is 27.1. The lowest BCUT2D eigenvalue weighted by Gasteiger charge is -2.31. The number of benzene rings is 1. The minimum atomic E-state index is -0.832. The van der Waals surface area contributed by atoms with Crippen LogP contribution in [0.15, 0.2) is 18.3 Å². The largest absolute Gasteiger partial charge is 0.351 e. The molecule has 2 saturated carbocycles. The van der Waals surface area contributed by atoms with Crippen LogP contribution in [0.25, 0.3) is 0 Å². The van der Waals surface area contributed by atoms with Crippen molar-refractivity contribution in [2.24, 2.45) is 5.41 Å². The summed E-state index contributed by atoms with van der Waals surface area (Å²) in [6.07, 6.45) is 9.89. The first-order valence-corrected chi connectivity index (χ1v) is 14.0. The molecule has 2 aromatic rings. The molecular weight excluding hydrogens is 504 g/mol. The second-order valence-electron chi connectivity index (χ2n) is 11.4. The summed E-state index contributed by atoms with van der Waals surface area (Å²) in [4.78, 5) is 40.9. The van der Waals surface area contributed by atoms with Crippen molar-refractivity contribution in [3.05, 3.63) is 35.5 Å². The molecule has 2 aliphatic carbocycles. The summed E-state index contributed by atoms with van der Waals surface area (Å²) in [5.41, 5.74) is -0.269. The maximum absolute atomic E-state index is 15.1. The fourth-order valence-corrected chi connectivity index (χ4v) is 6.22. The average molecular weight is 540 g/mol. The molecule has 0 bridgehead atoms. The lowest BCUT2D eigenvalue weighted by Crippen LogP contribution is -2.41. The molecule has 11 heteroatoms. The number of carbonyl (C=O) groups excluding carboxylic acids is 2. The summed E-state index contributed by atoms with van der Waals surface area (Å²) in [5, 5.41) is 5.48. The molecule has 2 aliphatic heterocycles. The summed E-state index contributed by atoms with van der Waals surface area (Å²) in [6.45, 7) is 3.66. The molecule has 208 valence electrons. The van der Waals surface area contributed by atoms with Gasteiger partial charge in [0.2, 0.25) is 11.9 Å². The van der Waals surface area contributed by atoms with Gasteiger partial charge in [0, 0.05) is 38.8 Å². The molecule has 3 heterocycles. The van der Waals surface area contributed by atoms with Crippen LogP contribution in [-0.4, -0.2) is 72.5 Å². The van der Waals surface area contributed by atoms with Crippen LogP contribution in [-0.2, 0) is 4.79 Å². The average Bonchev–Trinajstić information content (AvgIpc) is 3.29. The van der Waals surface area contributed by atoms with Gasteiger partial charge in [-0.05, 0) is 57.7 Å². The van der Waals surface area contributed by atoms with Gasteiger partial charge < -0.3 is 25.3 Å². The Labute approximate surface area is 227 Å². The zero-order valence-corrected chi connectivity index (χ0v) is 22.3. The van der Waals surface area contributed by atoms with Gasteiger partial charge in [0.15, 0.2) is 5.82 Å². The zero-order valence-electron chi connectivity index (χ0n) is 22.3. The highest BCUT2D eigenvalue weighted by atomic mass is 19.1. The van der Waals surface area contributed by atoms with Crippen molar-refractivity contribution in [3.63, 3.8) is 0 Å². The van der Waals surface area contributed by atoms with Gasteiger partial charge in [-0.1, -0.05) is 12.8 Å². The molecule has 6 rings (SSSR count). The fourth-order valence-electron chi connectivity index (χ4n) is 6.22. The highest BCUT2D eigenvalue weighted by Crippen LogP contribution is 2.52. The van der Waals surface area contributed by atoms with Gasteiger partial charge in [-0.15, -0.1) is 0 Å². The SMILES string of the molecule is CN1C(=O)C2(CC2)CN(C2CCCC2)c2nc(Nc3cc(F)c(C(=O)NCCN4CCCC4)cc3F)ncc21. The number of amides is 2. The second kappa shape index (κ2) is 10.3. The lowest BCUT2D eigenvalue weighted by atomic mass is 10.0. The molecule has 3 fully saturated rings. The summed E-state index contributed by atoms with van der Waals surface area (Å²) < 4.78 is 30.0. The Morgan fingerprint density at radius 3 is 2.56 bits per heavy atom. The highest BCUT2D eigenvalue weighted by Gasteiger charge is 2.55. The third-order valence-corrected chi connectivity index (χ3v) is 8.69. The number of hydrogen-bond acceptors (Lipinski definition) is 7. The summed E-state index contributed by atoms with van der Waals surface area (Å²) >= 11 is 0. The van der Waals surface area contributed by atoms with E-state index in [-0.39, 0.29) is 34.6 Å². The van der Waals surface area contributed by atoms with Gasteiger partial charge in [-0.2, -0.15) is 4.98 Å². The number of hydrogen-bond donors (Lipinski definition) is 2. The number of aromatic nitrogens is 2. The van der Waals surface area contributed by atoms with Crippen molar-refractivity contribution in [3.8, 4) is 0 Å². The van der Waals surface area contributed by atoms with Crippen molar-refractivity contribution in [1.82, 2.24) is 20.2 Å². The number of nitrogens with zero attached hydrogens (tertiary/aromatic N) is 5. The molecule has 1 aromatic heterocycles. The molecule has 1 spiro atoms. The van der Waals surface area contributed by atoms with E-state index in [0.29, 0.717) is 31.1 Å². The maximum Gasteiger partial charge on any atom is 0.254 e.